The molecule has 0 rings (SSSR count). The molecule has 4 N–H and O–H groups in total. The molecule has 0 bridgehead atoms. The monoisotopic (exact) mass is 248 g/mol. The van der Waals surface area contributed by atoms with Crippen LogP contribution in [0.4, 0.5) is 0 Å². The van der Waals surface area contributed by atoms with Crippen LogP contribution in [-0.4, -0.2) is 50.6 Å². The van der Waals surface area contributed by atoms with Gasteiger partial charge < -0.3 is 20.4 Å². The summed E-state index contributed by atoms with van der Waals surface area (Å²) in [4.78, 5) is 11.5. The maximum atomic E-state index is 11.5. The lowest BCUT2D eigenvalue weighted by molar-refractivity contribution is -0.145. The van der Waals surface area contributed by atoms with Crippen molar-refractivity contribution in [3.05, 3.63) is 0 Å². The van der Waals surface area contributed by atoms with E-state index in [1.54, 1.807) is 6.92 Å². The highest BCUT2D eigenvalue weighted by molar-refractivity contribution is 5.83. The number of aliphatic hydroxyl groups is 4. The van der Waals surface area contributed by atoms with E-state index in [-0.39, 0.29) is 12.8 Å². The zero-order valence-corrected chi connectivity index (χ0v) is 10.7. The Morgan fingerprint density at radius 1 is 1.06 bits per heavy atom. The molecule has 0 saturated carbocycles. The van der Waals surface area contributed by atoms with Gasteiger partial charge in [-0.25, -0.2) is 0 Å². The molecule has 5 heteroatoms. The van der Waals surface area contributed by atoms with Gasteiger partial charge in [0.25, 0.3) is 0 Å². The first-order chi connectivity index (χ1) is 7.81. The zero-order chi connectivity index (χ0) is 13.6. The number of carbonyl (C=O) groups excluding carboxylic acids is 1. The second kappa shape index (κ2) is 7.76. The first-order valence-corrected chi connectivity index (χ1v) is 6.06. The van der Waals surface area contributed by atoms with Crippen LogP contribution in [-0.2, 0) is 4.79 Å². The van der Waals surface area contributed by atoms with Crippen molar-refractivity contribution in [2.45, 2.75) is 64.4 Å². The van der Waals surface area contributed by atoms with Crippen molar-refractivity contribution in [3.63, 3.8) is 0 Å². The smallest absolute Gasteiger partial charge is 0.164 e. The van der Waals surface area contributed by atoms with Crippen molar-refractivity contribution >= 4 is 5.78 Å². The molecule has 0 aromatic rings. The van der Waals surface area contributed by atoms with Gasteiger partial charge in [-0.15, -0.1) is 0 Å². The Bertz CT molecular complexity index is 229. The SMILES string of the molecule is CC[C@@H](O)[C@@H](O)[C@H](O)[C@@H](O)C(=O)CCC(C)C. The van der Waals surface area contributed by atoms with Crippen LogP contribution in [0.1, 0.15) is 40.0 Å². The molecule has 0 aliphatic heterocycles. The third-order valence-corrected chi connectivity index (χ3v) is 2.78. The summed E-state index contributed by atoms with van der Waals surface area (Å²) in [5.41, 5.74) is 0. The Labute approximate surface area is 102 Å². The molecule has 17 heavy (non-hydrogen) atoms. The first-order valence-electron chi connectivity index (χ1n) is 6.06. The third-order valence-electron chi connectivity index (χ3n) is 2.78. The lowest BCUT2D eigenvalue weighted by Gasteiger charge is -2.25. The quantitative estimate of drug-likeness (QED) is 0.479. The van der Waals surface area contributed by atoms with E-state index in [0.717, 1.165) is 0 Å². The van der Waals surface area contributed by atoms with Crippen LogP contribution >= 0.6 is 0 Å². The molecule has 0 radical (unpaired) electrons. The first kappa shape index (κ1) is 16.5. The summed E-state index contributed by atoms with van der Waals surface area (Å²) in [6.07, 6.45) is -4.89. The Hall–Kier alpha value is -0.490. The van der Waals surface area contributed by atoms with Crippen LogP contribution in [0.3, 0.4) is 0 Å². The normalized spacial score (nSPS) is 18.8. The number of hydrogen-bond acceptors (Lipinski definition) is 5. The second-order valence-electron chi connectivity index (χ2n) is 4.80. The van der Waals surface area contributed by atoms with Crippen molar-refractivity contribution in [2.24, 2.45) is 5.92 Å². The molecule has 0 unspecified atom stereocenters. The lowest BCUT2D eigenvalue weighted by atomic mass is 9.95. The summed E-state index contributed by atoms with van der Waals surface area (Å²) in [6.45, 7) is 5.53. The Kier molecular flexibility index (Phi) is 7.54. The zero-order valence-electron chi connectivity index (χ0n) is 10.7. The van der Waals surface area contributed by atoms with Crippen molar-refractivity contribution in [2.75, 3.05) is 0 Å². The fourth-order valence-corrected chi connectivity index (χ4v) is 1.43. The minimum atomic E-state index is -1.63. The van der Waals surface area contributed by atoms with Gasteiger partial charge in [0.2, 0.25) is 0 Å². The summed E-state index contributed by atoms with van der Waals surface area (Å²) >= 11 is 0. The van der Waals surface area contributed by atoms with Crippen molar-refractivity contribution in [1.82, 2.24) is 0 Å². The van der Waals surface area contributed by atoms with Gasteiger partial charge in [0.05, 0.1) is 6.10 Å². The van der Waals surface area contributed by atoms with E-state index in [4.69, 9.17) is 0 Å². The molecule has 0 saturated heterocycles. The fourth-order valence-electron chi connectivity index (χ4n) is 1.43. The highest BCUT2D eigenvalue weighted by atomic mass is 16.4. The Morgan fingerprint density at radius 2 is 1.59 bits per heavy atom. The third kappa shape index (κ3) is 5.59. The van der Waals surface area contributed by atoms with Gasteiger partial charge in [0.1, 0.15) is 18.3 Å². The van der Waals surface area contributed by atoms with Gasteiger partial charge in [0, 0.05) is 6.42 Å². The molecule has 0 amide bonds. The molecule has 5 nitrogen and oxygen atoms in total. The maximum absolute atomic E-state index is 11.5. The lowest BCUT2D eigenvalue weighted by Crippen LogP contribution is -2.47. The number of carbonyl (C=O) groups is 1. The number of rotatable bonds is 8. The molecule has 0 aromatic heterocycles. The van der Waals surface area contributed by atoms with Crippen molar-refractivity contribution in [3.8, 4) is 0 Å². The largest absolute Gasteiger partial charge is 0.390 e. The Balaban J connectivity index is 4.28. The number of Topliss-reactive ketones (excluding diaryl/α,β-unsaturated/α-hetero) is 1. The average Bonchev–Trinajstić information content (AvgIpc) is 2.31. The molecule has 4 atom stereocenters. The second-order valence-corrected chi connectivity index (χ2v) is 4.80. The summed E-state index contributed by atoms with van der Waals surface area (Å²) < 4.78 is 0. The fraction of sp³-hybridized carbons (Fsp3) is 0.917. The van der Waals surface area contributed by atoms with E-state index in [1.807, 2.05) is 13.8 Å². The standard InChI is InChI=1S/C12H24O5/c1-4-8(13)10(15)12(17)11(16)9(14)6-5-7(2)3/h7-8,10-13,15-17H,4-6H2,1-3H3/t8-,10-,11+,12+/m1/s1. The predicted octanol–water partition coefficient (Wildman–Crippen LogP) is -0.155. The highest BCUT2D eigenvalue weighted by Gasteiger charge is 2.33. The van der Waals surface area contributed by atoms with Crippen molar-refractivity contribution in [1.29, 1.82) is 0 Å². The van der Waals surface area contributed by atoms with E-state index >= 15 is 0 Å². The van der Waals surface area contributed by atoms with E-state index in [1.165, 1.54) is 0 Å². The number of ketones is 1. The van der Waals surface area contributed by atoms with Gasteiger partial charge in [0.15, 0.2) is 5.78 Å². The maximum Gasteiger partial charge on any atom is 0.164 e. The predicted molar refractivity (Wildman–Crippen MR) is 63.4 cm³/mol. The summed E-state index contributed by atoms with van der Waals surface area (Å²) in [5, 5.41) is 37.9. The molecular weight excluding hydrogens is 224 g/mol. The van der Waals surface area contributed by atoms with E-state index in [0.29, 0.717) is 12.3 Å². The number of aliphatic hydroxyl groups excluding tert-OH is 4. The summed E-state index contributed by atoms with van der Waals surface area (Å²) in [7, 11) is 0. The minimum absolute atomic E-state index is 0.158. The van der Waals surface area contributed by atoms with Crippen LogP contribution in [0, 0.1) is 5.92 Å². The topological polar surface area (TPSA) is 98.0 Å². The molecule has 0 spiro atoms. The van der Waals surface area contributed by atoms with E-state index in [2.05, 4.69) is 0 Å². The highest BCUT2D eigenvalue weighted by Crippen LogP contribution is 2.12. The molecule has 102 valence electrons. The van der Waals surface area contributed by atoms with Crippen LogP contribution in [0.5, 0.6) is 0 Å². The van der Waals surface area contributed by atoms with Gasteiger partial charge in [-0.1, -0.05) is 20.8 Å². The summed E-state index contributed by atoms with van der Waals surface area (Å²) in [6, 6.07) is 0. The number of hydrogen-bond donors (Lipinski definition) is 4. The molecule has 0 heterocycles. The molecular formula is C12H24O5. The van der Waals surface area contributed by atoms with Crippen LogP contribution in [0.2, 0.25) is 0 Å². The minimum Gasteiger partial charge on any atom is -0.390 e. The molecule has 0 aliphatic carbocycles. The van der Waals surface area contributed by atoms with E-state index in [9.17, 15) is 25.2 Å². The molecule has 0 fully saturated rings. The van der Waals surface area contributed by atoms with Gasteiger partial charge >= 0.3 is 0 Å². The van der Waals surface area contributed by atoms with Gasteiger partial charge in [-0.2, -0.15) is 0 Å². The summed E-state index contributed by atoms with van der Waals surface area (Å²) in [5.74, 6) is -0.178. The molecule has 0 aromatic carbocycles. The Morgan fingerprint density at radius 3 is 2.00 bits per heavy atom. The average molecular weight is 248 g/mol. The van der Waals surface area contributed by atoms with Crippen molar-refractivity contribution < 1.29 is 25.2 Å². The van der Waals surface area contributed by atoms with Gasteiger partial charge in [-0.05, 0) is 18.8 Å². The van der Waals surface area contributed by atoms with Crippen LogP contribution < -0.4 is 0 Å². The van der Waals surface area contributed by atoms with Crippen LogP contribution in [0.25, 0.3) is 0 Å². The van der Waals surface area contributed by atoms with E-state index < -0.39 is 30.2 Å². The van der Waals surface area contributed by atoms with Crippen LogP contribution in [0.15, 0.2) is 0 Å². The molecule has 0 aliphatic rings. The van der Waals surface area contributed by atoms with Gasteiger partial charge in [-0.3, -0.25) is 4.79 Å².